The molecule has 1 aliphatic carbocycles. The normalized spacial score (nSPS) is 17.2. The number of pyridine rings is 1. The number of fused-ring (bicyclic) bond motifs is 1. The summed E-state index contributed by atoms with van der Waals surface area (Å²) in [5.74, 6) is -10.1. The fraction of sp³-hybridized carbons (Fsp3) is 0.621. The lowest BCUT2D eigenvalue weighted by Crippen LogP contribution is -2.32. The zero-order valence-corrected chi connectivity index (χ0v) is 22.9. The maximum absolute atomic E-state index is 15.5. The van der Waals surface area contributed by atoms with Gasteiger partial charge in [0.1, 0.15) is 6.61 Å². The molecule has 0 saturated carbocycles. The van der Waals surface area contributed by atoms with Crippen molar-refractivity contribution in [3.8, 4) is 11.6 Å². The summed E-state index contributed by atoms with van der Waals surface area (Å²) in [5.41, 5.74) is -1.35. The number of halogens is 6. The number of benzene rings is 1. The monoisotopic (exact) mass is 561 g/mol. The van der Waals surface area contributed by atoms with Gasteiger partial charge in [-0.1, -0.05) is 64.9 Å². The van der Waals surface area contributed by atoms with Crippen molar-refractivity contribution < 1.29 is 31.4 Å². The molecule has 0 aliphatic heterocycles. The van der Waals surface area contributed by atoms with Crippen LogP contribution >= 0.6 is 11.6 Å². The average Bonchev–Trinajstić information content (AvgIpc) is 2.88. The lowest BCUT2D eigenvalue weighted by molar-refractivity contribution is -0.0487. The Kier molecular flexibility index (Phi) is 11.5. The van der Waals surface area contributed by atoms with Crippen LogP contribution in [0.5, 0.6) is 11.6 Å². The van der Waals surface area contributed by atoms with Gasteiger partial charge in [-0.2, -0.15) is 13.8 Å². The first-order valence-electron chi connectivity index (χ1n) is 13.7. The van der Waals surface area contributed by atoms with Crippen LogP contribution in [0.2, 0.25) is 0 Å². The first-order valence-corrected chi connectivity index (χ1v) is 14.1. The Hall–Kier alpha value is -2.09. The highest BCUT2D eigenvalue weighted by atomic mass is 35.5. The van der Waals surface area contributed by atoms with Crippen molar-refractivity contribution in [2.75, 3.05) is 13.2 Å². The third-order valence-corrected chi connectivity index (χ3v) is 7.34. The summed E-state index contributed by atoms with van der Waals surface area (Å²) in [5, 5.41) is -0.383. The minimum absolute atomic E-state index is 0.0373. The van der Waals surface area contributed by atoms with E-state index in [-0.39, 0.29) is 36.3 Å². The molecule has 2 unspecified atom stereocenters. The standard InChI is InChI=1S/C29H37ClF5NO2/c1-3-5-7-8-9-10-16-37-24-17-19-12-14-22(29(34,35)25(19)28(33)36-24)21-13-15-23(27(32)26(21)31)38-18-20(30)11-6-4-2/h13,15,17,20,22H,3-12,14,16,18H2,1-2H3. The van der Waals surface area contributed by atoms with Crippen LogP contribution in [-0.4, -0.2) is 23.6 Å². The smallest absolute Gasteiger partial charge is 0.284 e. The molecule has 0 N–H and O–H groups in total. The van der Waals surface area contributed by atoms with E-state index >= 15 is 8.78 Å². The van der Waals surface area contributed by atoms with Gasteiger partial charge >= 0.3 is 0 Å². The van der Waals surface area contributed by atoms with E-state index in [2.05, 4.69) is 11.9 Å². The summed E-state index contributed by atoms with van der Waals surface area (Å²) in [6, 6.07) is 3.53. The maximum atomic E-state index is 15.5. The van der Waals surface area contributed by atoms with Gasteiger partial charge in [0.05, 0.1) is 23.5 Å². The van der Waals surface area contributed by atoms with Gasteiger partial charge in [-0.15, -0.1) is 11.6 Å². The Morgan fingerprint density at radius 3 is 2.42 bits per heavy atom. The van der Waals surface area contributed by atoms with Crippen molar-refractivity contribution in [2.24, 2.45) is 0 Å². The molecule has 1 aromatic heterocycles. The van der Waals surface area contributed by atoms with Gasteiger partial charge in [0.25, 0.3) is 5.92 Å². The molecule has 1 aromatic carbocycles. The second-order valence-electron chi connectivity index (χ2n) is 9.95. The SMILES string of the molecule is CCCCCCCCOc1cc2c(c(F)n1)C(F)(F)C(c1ccc(OCC(Cl)CCCC)c(F)c1F)CC2. The summed E-state index contributed by atoms with van der Waals surface area (Å²) in [4.78, 5) is 3.60. The summed E-state index contributed by atoms with van der Waals surface area (Å²) in [7, 11) is 0. The number of rotatable bonds is 15. The Balaban J connectivity index is 1.70. The van der Waals surface area contributed by atoms with Gasteiger partial charge in [-0.05, 0) is 37.3 Å². The van der Waals surface area contributed by atoms with Crippen LogP contribution in [0.3, 0.4) is 0 Å². The summed E-state index contributed by atoms with van der Waals surface area (Å²) in [6.07, 6.45) is 8.57. The minimum Gasteiger partial charge on any atom is -0.489 e. The molecule has 0 amide bonds. The fourth-order valence-electron chi connectivity index (χ4n) is 4.84. The summed E-state index contributed by atoms with van der Waals surface area (Å²) in [6.45, 7) is 4.42. The minimum atomic E-state index is -3.79. The van der Waals surface area contributed by atoms with Crippen LogP contribution in [0.15, 0.2) is 18.2 Å². The molecule has 3 rings (SSSR count). The Morgan fingerprint density at radius 1 is 0.974 bits per heavy atom. The molecule has 0 bridgehead atoms. The van der Waals surface area contributed by atoms with Gasteiger partial charge in [0, 0.05) is 11.6 Å². The van der Waals surface area contributed by atoms with Crippen LogP contribution in [0, 0.1) is 17.6 Å². The highest BCUT2D eigenvalue weighted by Crippen LogP contribution is 2.51. The van der Waals surface area contributed by atoms with Crippen LogP contribution in [0.25, 0.3) is 0 Å². The molecule has 0 fully saturated rings. The van der Waals surface area contributed by atoms with Gasteiger partial charge in [-0.25, -0.2) is 13.2 Å². The highest BCUT2D eigenvalue weighted by molar-refractivity contribution is 6.20. The number of unbranched alkanes of at least 4 members (excludes halogenated alkanes) is 6. The van der Waals surface area contributed by atoms with Gasteiger partial charge in [-0.3, -0.25) is 0 Å². The molecule has 3 nitrogen and oxygen atoms in total. The number of alkyl halides is 3. The van der Waals surface area contributed by atoms with E-state index in [4.69, 9.17) is 21.1 Å². The second kappa shape index (κ2) is 14.3. The van der Waals surface area contributed by atoms with Crippen molar-refractivity contribution >= 4 is 11.6 Å². The van der Waals surface area contributed by atoms with Gasteiger partial charge in [0.2, 0.25) is 17.6 Å². The quantitative estimate of drug-likeness (QED) is 0.0939. The van der Waals surface area contributed by atoms with E-state index in [1.807, 2.05) is 6.92 Å². The first-order chi connectivity index (χ1) is 18.2. The molecule has 9 heteroatoms. The van der Waals surface area contributed by atoms with Gasteiger partial charge in [0.15, 0.2) is 11.6 Å². The number of ether oxygens (including phenoxy) is 2. The van der Waals surface area contributed by atoms with E-state index in [9.17, 15) is 13.2 Å². The Morgan fingerprint density at radius 2 is 1.68 bits per heavy atom. The number of aryl methyl sites for hydroxylation is 1. The summed E-state index contributed by atoms with van der Waals surface area (Å²) < 4.78 is 86.5. The number of hydrogen-bond donors (Lipinski definition) is 0. The number of nitrogens with zero attached hydrogens (tertiary/aromatic N) is 1. The van der Waals surface area contributed by atoms with E-state index in [0.717, 1.165) is 57.1 Å². The lowest BCUT2D eigenvalue weighted by atomic mass is 9.77. The zero-order valence-electron chi connectivity index (χ0n) is 22.1. The van der Waals surface area contributed by atoms with Crippen molar-refractivity contribution in [1.82, 2.24) is 4.98 Å². The van der Waals surface area contributed by atoms with Crippen molar-refractivity contribution in [3.05, 3.63) is 52.5 Å². The van der Waals surface area contributed by atoms with E-state index < -0.39 is 46.3 Å². The van der Waals surface area contributed by atoms with E-state index in [1.165, 1.54) is 12.5 Å². The third-order valence-electron chi connectivity index (χ3n) is 7.00. The molecular weight excluding hydrogens is 525 g/mol. The topological polar surface area (TPSA) is 31.4 Å². The molecule has 1 aliphatic rings. The summed E-state index contributed by atoms with van der Waals surface area (Å²) >= 11 is 6.13. The predicted molar refractivity (Wildman–Crippen MR) is 139 cm³/mol. The molecule has 2 atom stereocenters. The van der Waals surface area contributed by atoms with E-state index in [1.54, 1.807) is 0 Å². The van der Waals surface area contributed by atoms with Crippen molar-refractivity contribution in [2.45, 2.75) is 102 Å². The molecule has 0 spiro atoms. The number of aromatic nitrogens is 1. The zero-order chi connectivity index (χ0) is 27.7. The maximum Gasteiger partial charge on any atom is 0.284 e. The highest BCUT2D eigenvalue weighted by Gasteiger charge is 2.50. The van der Waals surface area contributed by atoms with Crippen LogP contribution in [0.1, 0.15) is 101 Å². The molecule has 2 aromatic rings. The van der Waals surface area contributed by atoms with Gasteiger partial charge < -0.3 is 9.47 Å². The second-order valence-corrected chi connectivity index (χ2v) is 10.6. The van der Waals surface area contributed by atoms with Crippen molar-refractivity contribution in [1.29, 1.82) is 0 Å². The molecule has 1 heterocycles. The van der Waals surface area contributed by atoms with Crippen LogP contribution < -0.4 is 9.47 Å². The van der Waals surface area contributed by atoms with Crippen LogP contribution in [0.4, 0.5) is 22.0 Å². The molecule has 38 heavy (non-hydrogen) atoms. The third kappa shape index (κ3) is 7.51. The van der Waals surface area contributed by atoms with Crippen molar-refractivity contribution in [3.63, 3.8) is 0 Å². The van der Waals surface area contributed by atoms with Crippen LogP contribution in [-0.2, 0) is 12.3 Å². The molecule has 212 valence electrons. The number of hydrogen-bond acceptors (Lipinski definition) is 3. The Bertz CT molecular complexity index is 1050. The largest absolute Gasteiger partial charge is 0.489 e. The lowest BCUT2D eigenvalue weighted by Gasteiger charge is -2.34. The van der Waals surface area contributed by atoms with E-state index in [0.29, 0.717) is 13.0 Å². The average molecular weight is 562 g/mol. The molecule has 0 radical (unpaired) electrons. The Labute approximate surface area is 227 Å². The predicted octanol–water partition coefficient (Wildman–Crippen LogP) is 9.24. The molecular formula is C29H37ClF5NO2. The first kappa shape index (κ1) is 30.5. The molecule has 0 saturated heterocycles. The fourth-order valence-corrected chi connectivity index (χ4v) is 5.06.